The third-order valence-corrected chi connectivity index (χ3v) is 9.09. The lowest BCUT2D eigenvalue weighted by molar-refractivity contribution is -0.215. The molecule has 0 aromatic rings. The number of carbonyl (C=O) groups is 2. The lowest BCUT2D eigenvalue weighted by Gasteiger charge is -2.65. The van der Waals surface area contributed by atoms with Crippen molar-refractivity contribution in [2.45, 2.75) is 71.3 Å². The molecule has 5 nitrogen and oxygen atoms in total. The first-order chi connectivity index (χ1) is 11.6. The molecule has 1 spiro atoms. The first-order valence-corrected chi connectivity index (χ1v) is 9.70. The molecule has 0 aromatic carbocycles. The molecule has 5 heteroatoms. The van der Waals surface area contributed by atoms with Crippen LogP contribution in [0, 0.1) is 33.5 Å². The van der Waals surface area contributed by atoms with E-state index >= 15 is 0 Å². The van der Waals surface area contributed by atoms with E-state index in [9.17, 15) is 24.9 Å². The van der Waals surface area contributed by atoms with Gasteiger partial charge in [-0.2, -0.15) is 0 Å². The van der Waals surface area contributed by atoms with Gasteiger partial charge in [0.25, 0.3) is 0 Å². The maximum absolute atomic E-state index is 12.7. The smallest absolute Gasteiger partial charge is 0.309 e. The second kappa shape index (κ2) is 5.07. The number of carboxylic acids is 1. The van der Waals surface area contributed by atoms with Gasteiger partial charge in [0.2, 0.25) is 0 Å². The summed E-state index contributed by atoms with van der Waals surface area (Å²) in [4.78, 5) is 24.8. The number of hydrogen-bond acceptors (Lipinski definition) is 4. The number of fused-ring (bicyclic) bond motifs is 3. The van der Waals surface area contributed by atoms with Gasteiger partial charge in [-0.05, 0) is 69.1 Å². The van der Waals surface area contributed by atoms with E-state index in [2.05, 4.69) is 6.92 Å². The average Bonchev–Trinajstić information content (AvgIpc) is 2.77. The van der Waals surface area contributed by atoms with Crippen LogP contribution in [0.3, 0.4) is 0 Å². The van der Waals surface area contributed by atoms with Crippen molar-refractivity contribution in [1.29, 1.82) is 0 Å². The number of ketones is 1. The molecular weight excluding hydrogens is 320 g/mol. The fourth-order valence-electron chi connectivity index (χ4n) is 7.72. The average molecular weight is 350 g/mol. The van der Waals surface area contributed by atoms with Crippen LogP contribution < -0.4 is 0 Å². The predicted molar refractivity (Wildman–Crippen MR) is 90.7 cm³/mol. The summed E-state index contributed by atoms with van der Waals surface area (Å²) >= 11 is 0. The SMILES string of the molecule is C[C@]12[C@@H]3CC[C@@]4(CO)C[C@]3(CC[C@@H]1[C@](C)(C(=O)O)CC[C@@H]2O)CC4=O. The highest BCUT2D eigenvalue weighted by Gasteiger charge is 2.70. The van der Waals surface area contributed by atoms with E-state index in [0.717, 1.165) is 25.7 Å². The van der Waals surface area contributed by atoms with Gasteiger partial charge in [0.05, 0.1) is 23.5 Å². The second-order valence-electron chi connectivity index (χ2n) is 9.90. The Kier molecular flexibility index (Phi) is 3.54. The van der Waals surface area contributed by atoms with Crippen LogP contribution in [-0.4, -0.2) is 39.8 Å². The molecule has 2 bridgehead atoms. The molecular formula is C20H30O5. The summed E-state index contributed by atoms with van der Waals surface area (Å²) in [6.45, 7) is 3.86. The zero-order valence-corrected chi connectivity index (χ0v) is 15.3. The Morgan fingerprint density at radius 1 is 1.12 bits per heavy atom. The van der Waals surface area contributed by atoms with Crippen molar-refractivity contribution >= 4 is 11.8 Å². The molecule has 25 heavy (non-hydrogen) atoms. The van der Waals surface area contributed by atoms with Crippen LogP contribution in [0.15, 0.2) is 0 Å². The Morgan fingerprint density at radius 3 is 2.44 bits per heavy atom. The van der Waals surface area contributed by atoms with E-state index in [4.69, 9.17) is 0 Å². The highest BCUT2D eigenvalue weighted by atomic mass is 16.4. The van der Waals surface area contributed by atoms with Gasteiger partial charge in [0.1, 0.15) is 5.78 Å². The standard InChI is InChI=1S/C20H30O5/c1-17(16(24)25)6-5-14(22)18(2)12(17)3-7-19-9-15(23)20(10-19,11-21)8-4-13(18)19/h12-14,21-22H,3-11H2,1-2H3,(H,24,25)/t12-,13+,14+,17-,18-,19+,20+/m1/s1. The minimum atomic E-state index is -0.802. The third kappa shape index (κ3) is 1.92. The van der Waals surface area contributed by atoms with Crippen LogP contribution in [-0.2, 0) is 9.59 Å². The third-order valence-electron chi connectivity index (χ3n) is 9.09. The van der Waals surface area contributed by atoms with Crippen molar-refractivity contribution in [1.82, 2.24) is 0 Å². The Labute approximate surface area is 148 Å². The molecule has 0 radical (unpaired) electrons. The number of aliphatic hydroxyl groups excluding tert-OH is 2. The molecule has 0 amide bonds. The van der Waals surface area contributed by atoms with Gasteiger partial charge in [-0.1, -0.05) is 6.92 Å². The summed E-state index contributed by atoms with van der Waals surface area (Å²) in [6, 6.07) is 0. The van der Waals surface area contributed by atoms with Gasteiger partial charge >= 0.3 is 5.97 Å². The monoisotopic (exact) mass is 350 g/mol. The minimum Gasteiger partial charge on any atom is -0.481 e. The van der Waals surface area contributed by atoms with Crippen molar-refractivity contribution in [2.24, 2.45) is 33.5 Å². The van der Waals surface area contributed by atoms with Crippen LogP contribution in [0.1, 0.15) is 65.2 Å². The summed E-state index contributed by atoms with van der Waals surface area (Å²) in [5.74, 6) is -0.464. The fourth-order valence-corrected chi connectivity index (χ4v) is 7.72. The fraction of sp³-hybridized carbons (Fsp3) is 0.900. The van der Waals surface area contributed by atoms with Crippen molar-refractivity contribution in [3.63, 3.8) is 0 Å². The molecule has 4 saturated carbocycles. The first-order valence-electron chi connectivity index (χ1n) is 9.70. The maximum atomic E-state index is 12.7. The molecule has 0 saturated heterocycles. The van der Waals surface area contributed by atoms with Crippen molar-refractivity contribution in [3.8, 4) is 0 Å². The van der Waals surface area contributed by atoms with Gasteiger partial charge in [-0.15, -0.1) is 0 Å². The molecule has 0 aromatic heterocycles. The molecule has 4 fully saturated rings. The number of carbonyl (C=O) groups excluding carboxylic acids is 1. The molecule has 0 heterocycles. The van der Waals surface area contributed by atoms with Crippen molar-refractivity contribution in [3.05, 3.63) is 0 Å². The number of aliphatic hydroxyl groups is 2. The molecule has 4 aliphatic rings. The Morgan fingerprint density at radius 2 is 1.80 bits per heavy atom. The van der Waals surface area contributed by atoms with E-state index in [1.807, 2.05) is 6.92 Å². The summed E-state index contributed by atoms with van der Waals surface area (Å²) in [6.07, 6.45) is 4.83. The Bertz CT molecular complexity index is 632. The minimum absolute atomic E-state index is 0.0609. The van der Waals surface area contributed by atoms with Crippen LogP contribution in [0.25, 0.3) is 0 Å². The van der Waals surface area contributed by atoms with E-state index < -0.39 is 28.3 Å². The molecule has 140 valence electrons. The Balaban J connectivity index is 1.78. The lowest BCUT2D eigenvalue weighted by atomic mass is 9.39. The molecule has 4 rings (SSSR count). The highest BCUT2D eigenvalue weighted by Crippen LogP contribution is 2.72. The summed E-state index contributed by atoms with van der Waals surface area (Å²) < 4.78 is 0. The lowest BCUT2D eigenvalue weighted by Crippen LogP contribution is -2.63. The molecule has 0 aliphatic heterocycles. The topological polar surface area (TPSA) is 94.8 Å². The van der Waals surface area contributed by atoms with E-state index in [0.29, 0.717) is 25.7 Å². The van der Waals surface area contributed by atoms with Crippen LogP contribution in [0.2, 0.25) is 0 Å². The van der Waals surface area contributed by atoms with Gasteiger partial charge in [0, 0.05) is 11.8 Å². The molecule has 7 atom stereocenters. The number of rotatable bonds is 2. The number of Topliss-reactive ketones (excluding diaryl/α,β-unsaturated/α-hetero) is 1. The number of carboxylic acid groups (broad SMARTS) is 1. The summed E-state index contributed by atoms with van der Waals surface area (Å²) in [5.41, 5.74) is -1.99. The molecule has 3 N–H and O–H groups in total. The largest absolute Gasteiger partial charge is 0.481 e. The quantitative estimate of drug-likeness (QED) is 0.711. The first kappa shape index (κ1) is 17.5. The van der Waals surface area contributed by atoms with Crippen molar-refractivity contribution in [2.75, 3.05) is 6.61 Å². The Hall–Kier alpha value is -0.940. The summed E-state index contributed by atoms with van der Waals surface area (Å²) in [7, 11) is 0. The van der Waals surface area contributed by atoms with Gasteiger partial charge in [0.15, 0.2) is 0 Å². The zero-order chi connectivity index (χ0) is 18.3. The second-order valence-corrected chi connectivity index (χ2v) is 9.90. The van der Waals surface area contributed by atoms with Crippen LogP contribution in [0.5, 0.6) is 0 Å². The summed E-state index contributed by atoms with van der Waals surface area (Å²) in [5, 5.41) is 30.8. The number of hydrogen-bond donors (Lipinski definition) is 3. The van der Waals surface area contributed by atoms with Gasteiger partial charge in [-0.3, -0.25) is 9.59 Å². The van der Waals surface area contributed by atoms with Gasteiger partial charge in [-0.25, -0.2) is 0 Å². The van der Waals surface area contributed by atoms with Crippen LogP contribution >= 0.6 is 0 Å². The van der Waals surface area contributed by atoms with Crippen molar-refractivity contribution < 1.29 is 24.9 Å². The van der Waals surface area contributed by atoms with Gasteiger partial charge < -0.3 is 15.3 Å². The highest BCUT2D eigenvalue weighted by molar-refractivity contribution is 5.88. The number of aliphatic carboxylic acids is 1. The predicted octanol–water partition coefficient (Wildman–Crippen LogP) is 2.39. The van der Waals surface area contributed by atoms with E-state index in [-0.39, 0.29) is 29.6 Å². The van der Waals surface area contributed by atoms with Crippen LogP contribution in [0.4, 0.5) is 0 Å². The zero-order valence-electron chi connectivity index (χ0n) is 15.3. The molecule has 0 unspecified atom stereocenters. The van der Waals surface area contributed by atoms with E-state index in [1.165, 1.54) is 0 Å². The molecule has 4 aliphatic carbocycles. The normalized spacial score (nSPS) is 54.7. The van der Waals surface area contributed by atoms with E-state index in [1.54, 1.807) is 0 Å². The maximum Gasteiger partial charge on any atom is 0.309 e.